The molecule has 2 fully saturated rings. The number of ether oxygens (including phenoxy) is 6. The van der Waals surface area contributed by atoms with E-state index in [1.807, 2.05) is 0 Å². The topological polar surface area (TPSA) is 231 Å². The molecule has 0 spiro atoms. The van der Waals surface area contributed by atoms with Gasteiger partial charge in [-0.25, -0.2) is 0 Å². The summed E-state index contributed by atoms with van der Waals surface area (Å²) >= 11 is 0. The van der Waals surface area contributed by atoms with Crippen LogP contribution in [0.3, 0.4) is 0 Å². The molecule has 0 amide bonds. The van der Waals surface area contributed by atoms with Gasteiger partial charge in [-0.05, 0) is 70.6 Å². The summed E-state index contributed by atoms with van der Waals surface area (Å²) in [7, 11) is 0. The first-order valence-electron chi connectivity index (χ1n) is 26.9. The molecular formula is C55H94O15. The predicted octanol–water partition coefficient (Wildman–Crippen LogP) is 8.05. The second kappa shape index (κ2) is 41.6. The van der Waals surface area contributed by atoms with Crippen molar-refractivity contribution in [2.24, 2.45) is 0 Å². The third-order valence-corrected chi connectivity index (χ3v) is 12.5. The van der Waals surface area contributed by atoms with Gasteiger partial charge in [-0.2, -0.15) is 0 Å². The van der Waals surface area contributed by atoms with E-state index in [0.29, 0.717) is 12.8 Å². The highest BCUT2D eigenvalue weighted by atomic mass is 16.7. The molecule has 70 heavy (non-hydrogen) atoms. The Bertz CT molecular complexity index is 1450. The number of esters is 2. The first-order chi connectivity index (χ1) is 34.0. The lowest BCUT2D eigenvalue weighted by molar-refractivity contribution is -0.332. The molecule has 11 atom stereocenters. The molecule has 11 unspecified atom stereocenters. The van der Waals surface area contributed by atoms with Gasteiger partial charge in [0.15, 0.2) is 18.7 Å². The fourth-order valence-electron chi connectivity index (χ4n) is 8.07. The van der Waals surface area contributed by atoms with Crippen molar-refractivity contribution in [2.45, 2.75) is 248 Å². The summed E-state index contributed by atoms with van der Waals surface area (Å²) in [5.41, 5.74) is 0. The highest BCUT2D eigenvalue weighted by Gasteiger charge is 2.47. The molecule has 404 valence electrons. The molecular weight excluding hydrogens is 901 g/mol. The van der Waals surface area contributed by atoms with E-state index in [0.717, 1.165) is 96.3 Å². The van der Waals surface area contributed by atoms with Crippen molar-refractivity contribution in [3.05, 3.63) is 60.8 Å². The maximum atomic E-state index is 13.0. The van der Waals surface area contributed by atoms with Crippen molar-refractivity contribution in [1.29, 1.82) is 0 Å². The molecule has 0 radical (unpaired) electrons. The van der Waals surface area contributed by atoms with Gasteiger partial charge < -0.3 is 64.2 Å². The molecule has 2 aliphatic heterocycles. The van der Waals surface area contributed by atoms with Crippen LogP contribution >= 0.6 is 0 Å². The van der Waals surface area contributed by atoms with Crippen LogP contribution in [0.15, 0.2) is 60.8 Å². The number of aliphatic hydroxyl groups is 7. The van der Waals surface area contributed by atoms with Gasteiger partial charge in [0.25, 0.3) is 0 Å². The summed E-state index contributed by atoms with van der Waals surface area (Å²) < 4.78 is 33.6. The molecule has 2 saturated heterocycles. The Morgan fingerprint density at radius 2 is 0.900 bits per heavy atom. The van der Waals surface area contributed by atoms with Crippen molar-refractivity contribution in [3.8, 4) is 0 Å². The van der Waals surface area contributed by atoms with Crippen molar-refractivity contribution < 1.29 is 73.8 Å². The van der Waals surface area contributed by atoms with E-state index in [-0.39, 0.29) is 26.1 Å². The Morgan fingerprint density at radius 1 is 0.471 bits per heavy atom. The minimum absolute atomic E-state index is 0.156. The van der Waals surface area contributed by atoms with Gasteiger partial charge in [0.1, 0.15) is 55.4 Å². The first kappa shape index (κ1) is 63.3. The standard InChI is InChI=1S/C55H94O15/c1-3-5-7-9-11-13-15-16-17-18-19-20-21-22-23-24-25-26-28-30-32-34-36-38-47(58)68-43(40-65-46(57)37-35-33-31-29-27-14-12-10-8-6-4-2)41-66-54-53(64)51(62)49(60)45(70-54)42-67-55-52(63)50(61)48(59)44(39-56)69-55/h5,7,10-13,16-17,19-20,43-45,48-56,59-64H,3-4,6,8-9,14-15,18,21-42H2,1-2H3/b7-5-,12-10-,13-11-,17-16-,20-19-. The molecule has 2 heterocycles. The molecule has 0 aromatic rings. The number of carbonyl (C=O) groups is 2. The summed E-state index contributed by atoms with van der Waals surface area (Å²) in [4.78, 5) is 25.8. The minimum Gasteiger partial charge on any atom is -0.462 e. The van der Waals surface area contributed by atoms with Crippen molar-refractivity contribution >= 4 is 11.9 Å². The Labute approximate surface area is 420 Å². The van der Waals surface area contributed by atoms with Crippen LogP contribution in [-0.4, -0.2) is 142 Å². The maximum absolute atomic E-state index is 13.0. The van der Waals surface area contributed by atoms with E-state index in [1.54, 1.807) is 0 Å². The average molecular weight is 995 g/mol. The quantitative estimate of drug-likeness (QED) is 0.0175. The van der Waals surface area contributed by atoms with Crippen LogP contribution in [0.5, 0.6) is 0 Å². The van der Waals surface area contributed by atoms with Gasteiger partial charge >= 0.3 is 11.9 Å². The maximum Gasteiger partial charge on any atom is 0.306 e. The van der Waals surface area contributed by atoms with Crippen LogP contribution < -0.4 is 0 Å². The zero-order valence-electron chi connectivity index (χ0n) is 42.7. The van der Waals surface area contributed by atoms with Crippen LogP contribution in [-0.2, 0) is 38.0 Å². The van der Waals surface area contributed by atoms with Crippen LogP contribution in [0.4, 0.5) is 0 Å². The predicted molar refractivity (Wildman–Crippen MR) is 270 cm³/mol. The van der Waals surface area contributed by atoms with Crippen molar-refractivity contribution in [3.63, 3.8) is 0 Å². The number of hydrogen-bond acceptors (Lipinski definition) is 15. The summed E-state index contributed by atoms with van der Waals surface area (Å²) in [5.74, 6) is -0.943. The average Bonchev–Trinajstić information content (AvgIpc) is 3.35. The Hall–Kier alpha value is -2.80. The normalized spacial score (nSPS) is 25.8. The van der Waals surface area contributed by atoms with E-state index in [9.17, 15) is 45.3 Å². The Balaban J connectivity index is 1.75. The lowest BCUT2D eigenvalue weighted by Gasteiger charge is -2.42. The van der Waals surface area contributed by atoms with E-state index in [4.69, 9.17) is 28.4 Å². The lowest BCUT2D eigenvalue weighted by atomic mass is 9.98. The molecule has 0 aromatic carbocycles. The van der Waals surface area contributed by atoms with Crippen molar-refractivity contribution in [2.75, 3.05) is 26.4 Å². The molecule has 15 heteroatoms. The smallest absolute Gasteiger partial charge is 0.306 e. The van der Waals surface area contributed by atoms with Crippen LogP contribution in [0.2, 0.25) is 0 Å². The zero-order chi connectivity index (χ0) is 51.0. The van der Waals surface area contributed by atoms with Gasteiger partial charge in [0.2, 0.25) is 0 Å². The highest BCUT2D eigenvalue weighted by Crippen LogP contribution is 2.26. The van der Waals surface area contributed by atoms with Crippen LogP contribution in [0, 0.1) is 0 Å². The Morgan fingerprint density at radius 3 is 1.43 bits per heavy atom. The summed E-state index contributed by atoms with van der Waals surface area (Å²) in [6.45, 7) is 2.42. The summed E-state index contributed by atoms with van der Waals surface area (Å²) in [5, 5.41) is 72.1. The fourth-order valence-corrected chi connectivity index (χ4v) is 8.07. The number of unbranched alkanes of at least 4 members (excludes halogenated alkanes) is 17. The molecule has 2 rings (SSSR count). The summed E-state index contributed by atoms with van der Waals surface area (Å²) in [6.07, 6.45) is 31.1. The minimum atomic E-state index is -1.77. The van der Waals surface area contributed by atoms with Gasteiger partial charge in [-0.1, -0.05) is 158 Å². The fraction of sp³-hybridized carbons (Fsp3) is 0.782. The van der Waals surface area contributed by atoms with Gasteiger partial charge in [-0.3, -0.25) is 9.59 Å². The number of rotatable bonds is 41. The molecule has 0 saturated carbocycles. The molecule has 0 bridgehead atoms. The second-order valence-electron chi connectivity index (χ2n) is 18.7. The number of carbonyl (C=O) groups excluding carboxylic acids is 2. The molecule has 15 nitrogen and oxygen atoms in total. The van der Waals surface area contributed by atoms with E-state index in [1.165, 1.54) is 44.9 Å². The van der Waals surface area contributed by atoms with Crippen LogP contribution in [0.1, 0.15) is 181 Å². The zero-order valence-corrected chi connectivity index (χ0v) is 42.7. The lowest BCUT2D eigenvalue weighted by Crippen LogP contribution is -2.61. The van der Waals surface area contributed by atoms with E-state index >= 15 is 0 Å². The van der Waals surface area contributed by atoms with Gasteiger partial charge in [-0.15, -0.1) is 0 Å². The number of allylic oxidation sites excluding steroid dienone is 10. The second-order valence-corrected chi connectivity index (χ2v) is 18.7. The number of aliphatic hydroxyl groups excluding tert-OH is 7. The largest absolute Gasteiger partial charge is 0.462 e. The molecule has 2 aliphatic rings. The first-order valence-corrected chi connectivity index (χ1v) is 26.9. The summed E-state index contributed by atoms with van der Waals surface area (Å²) in [6, 6.07) is 0. The van der Waals surface area contributed by atoms with Crippen molar-refractivity contribution in [1.82, 2.24) is 0 Å². The van der Waals surface area contributed by atoms with Crippen LogP contribution in [0.25, 0.3) is 0 Å². The van der Waals surface area contributed by atoms with Gasteiger partial charge in [0, 0.05) is 12.8 Å². The van der Waals surface area contributed by atoms with E-state index in [2.05, 4.69) is 74.6 Å². The monoisotopic (exact) mass is 995 g/mol. The number of hydrogen-bond donors (Lipinski definition) is 7. The third kappa shape index (κ3) is 29.0. The Kier molecular flexibility index (Phi) is 37.7. The molecule has 0 aromatic heterocycles. The molecule has 7 N–H and O–H groups in total. The van der Waals surface area contributed by atoms with Gasteiger partial charge in [0.05, 0.1) is 19.8 Å². The molecule has 0 aliphatic carbocycles. The van der Waals surface area contributed by atoms with E-state index < -0.39 is 92.7 Å². The highest BCUT2D eigenvalue weighted by molar-refractivity contribution is 5.70. The third-order valence-electron chi connectivity index (χ3n) is 12.5. The SMILES string of the molecule is CC/C=C\C/C=C\C/C=C\C/C=C\CCCCCCCCCCCCC(=O)OC(COC(=O)CCCCCCC/C=C\CCCC)COC1OC(COC2OC(CO)C(O)C(O)C2O)C(O)C(O)C1O.